The molecule has 3 heteroatoms. The van der Waals surface area contributed by atoms with Gasteiger partial charge in [-0.25, -0.2) is 0 Å². The van der Waals surface area contributed by atoms with E-state index in [1.165, 1.54) is 0 Å². The van der Waals surface area contributed by atoms with Gasteiger partial charge >= 0.3 is 0 Å². The Kier molecular flexibility index (Phi) is 3.36. The van der Waals surface area contributed by atoms with Gasteiger partial charge in [0.05, 0.1) is 0 Å². The van der Waals surface area contributed by atoms with Gasteiger partial charge in [-0.1, -0.05) is 6.07 Å². The first-order valence-corrected chi connectivity index (χ1v) is 6.25. The van der Waals surface area contributed by atoms with E-state index in [1.807, 2.05) is 43.9 Å². The maximum atomic E-state index is 12.3. The van der Waals surface area contributed by atoms with Crippen molar-refractivity contribution < 1.29 is 9.53 Å². The Morgan fingerprint density at radius 2 is 2.12 bits per heavy atom. The number of hydrogen-bond donors (Lipinski definition) is 0. The van der Waals surface area contributed by atoms with Gasteiger partial charge in [-0.2, -0.15) is 0 Å². The minimum absolute atomic E-state index is 0.115. The molecule has 0 N–H and O–H groups in total. The average molecular weight is 233 g/mol. The summed E-state index contributed by atoms with van der Waals surface area (Å²) in [5.41, 5.74) is 1.87. The van der Waals surface area contributed by atoms with Crippen molar-refractivity contribution in [2.24, 2.45) is 0 Å². The molecule has 0 aromatic heterocycles. The quantitative estimate of drug-likeness (QED) is 0.802. The molecule has 0 saturated carbocycles. The van der Waals surface area contributed by atoms with Crippen LogP contribution >= 0.6 is 0 Å². The third-order valence-electron chi connectivity index (χ3n) is 3.23. The molecule has 1 amide bonds. The summed E-state index contributed by atoms with van der Waals surface area (Å²) in [6.45, 7) is 7.53. The van der Waals surface area contributed by atoms with Crippen LogP contribution in [0.1, 0.15) is 36.7 Å². The number of carbonyl (C=O) groups excluding carboxylic acids is 1. The Morgan fingerprint density at radius 1 is 1.41 bits per heavy atom. The normalized spacial score (nSPS) is 17.5. The van der Waals surface area contributed by atoms with E-state index in [2.05, 4.69) is 0 Å². The van der Waals surface area contributed by atoms with Gasteiger partial charge in [0, 0.05) is 30.6 Å². The molecule has 1 aromatic carbocycles. The number of ether oxygens (including phenoxy) is 1. The highest BCUT2D eigenvalue weighted by molar-refractivity contribution is 5.96. The summed E-state index contributed by atoms with van der Waals surface area (Å²) in [4.78, 5) is 14.2. The predicted octanol–water partition coefficient (Wildman–Crippen LogP) is 2.49. The van der Waals surface area contributed by atoms with Crippen LogP contribution in [-0.4, -0.2) is 30.0 Å². The molecule has 0 saturated heterocycles. The smallest absolute Gasteiger partial charge is 0.254 e. The third kappa shape index (κ3) is 2.14. The highest BCUT2D eigenvalue weighted by Crippen LogP contribution is 2.31. The Morgan fingerprint density at radius 3 is 2.76 bits per heavy atom. The van der Waals surface area contributed by atoms with Gasteiger partial charge in [0.1, 0.15) is 11.9 Å². The zero-order valence-electron chi connectivity index (χ0n) is 10.7. The molecule has 0 radical (unpaired) electrons. The molecular weight excluding hydrogens is 214 g/mol. The largest absolute Gasteiger partial charge is 0.490 e. The molecule has 17 heavy (non-hydrogen) atoms. The highest BCUT2D eigenvalue weighted by atomic mass is 16.5. The lowest BCUT2D eigenvalue weighted by molar-refractivity contribution is 0.0772. The maximum Gasteiger partial charge on any atom is 0.254 e. The maximum absolute atomic E-state index is 12.3. The minimum Gasteiger partial charge on any atom is -0.490 e. The average Bonchev–Trinajstić information content (AvgIpc) is 2.70. The molecule has 0 spiro atoms. The minimum atomic E-state index is 0.115. The molecule has 0 bridgehead atoms. The summed E-state index contributed by atoms with van der Waals surface area (Å²) in [5, 5.41) is 0. The lowest BCUT2D eigenvalue weighted by Crippen LogP contribution is -2.31. The molecule has 92 valence electrons. The van der Waals surface area contributed by atoms with E-state index in [4.69, 9.17) is 4.74 Å². The topological polar surface area (TPSA) is 29.5 Å². The number of benzene rings is 1. The number of carbonyl (C=O) groups is 1. The van der Waals surface area contributed by atoms with E-state index < -0.39 is 0 Å². The summed E-state index contributed by atoms with van der Waals surface area (Å²) in [6, 6.07) is 5.74. The fourth-order valence-electron chi connectivity index (χ4n) is 2.31. The van der Waals surface area contributed by atoms with Crippen LogP contribution in [-0.2, 0) is 6.42 Å². The van der Waals surface area contributed by atoms with Crippen LogP contribution in [0, 0.1) is 0 Å². The van der Waals surface area contributed by atoms with E-state index >= 15 is 0 Å². The van der Waals surface area contributed by atoms with Gasteiger partial charge in [-0.05, 0) is 32.9 Å². The van der Waals surface area contributed by atoms with Crippen LogP contribution in [0.25, 0.3) is 0 Å². The Hall–Kier alpha value is -1.51. The van der Waals surface area contributed by atoms with Gasteiger partial charge in [-0.3, -0.25) is 4.79 Å². The first-order chi connectivity index (χ1) is 8.17. The van der Waals surface area contributed by atoms with Gasteiger partial charge < -0.3 is 9.64 Å². The standard InChI is InChI=1S/C14H19NO2/c1-4-15(5-2)14(16)11-7-6-8-13-12(11)9-10(3)17-13/h6-8,10H,4-5,9H2,1-3H3. The number of amides is 1. The molecule has 1 unspecified atom stereocenters. The fraction of sp³-hybridized carbons (Fsp3) is 0.500. The van der Waals surface area contributed by atoms with Crippen LogP contribution in [0.4, 0.5) is 0 Å². The molecule has 0 fully saturated rings. The van der Waals surface area contributed by atoms with E-state index in [0.29, 0.717) is 0 Å². The zero-order chi connectivity index (χ0) is 12.4. The fourth-order valence-corrected chi connectivity index (χ4v) is 2.31. The van der Waals surface area contributed by atoms with Crippen LogP contribution in [0.5, 0.6) is 5.75 Å². The SMILES string of the molecule is CCN(CC)C(=O)c1cccc2c1CC(C)O2. The second-order valence-electron chi connectivity index (χ2n) is 4.39. The predicted molar refractivity (Wildman–Crippen MR) is 67.5 cm³/mol. The summed E-state index contributed by atoms with van der Waals surface area (Å²) in [6.07, 6.45) is 1.01. The van der Waals surface area contributed by atoms with Crippen molar-refractivity contribution in [2.75, 3.05) is 13.1 Å². The number of rotatable bonds is 3. The molecular formula is C14H19NO2. The van der Waals surface area contributed by atoms with Crippen molar-refractivity contribution >= 4 is 5.91 Å². The molecule has 1 aliphatic heterocycles. The summed E-state index contributed by atoms with van der Waals surface area (Å²) >= 11 is 0. The molecule has 0 aliphatic carbocycles. The summed E-state index contributed by atoms with van der Waals surface area (Å²) < 4.78 is 5.67. The van der Waals surface area contributed by atoms with Crippen molar-refractivity contribution in [1.82, 2.24) is 4.90 Å². The second kappa shape index (κ2) is 4.78. The summed E-state index contributed by atoms with van der Waals surface area (Å²) in [7, 11) is 0. The van der Waals surface area contributed by atoms with E-state index in [-0.39, 0.29) is 12.0 Å². The van der Waals surface area contributed by atoms with Gasteiger partial charge in [0.15, 0.2) is 0 Å². The Balaban J connectivity index is 2.34. The van der Waals surface area contributed by atoms with Crippen molar-refractivity contribution in [3.05, 3.63) is 29.3 Å². The van der Waals surface area contributed by atoms with E-state index in [0.717, 1.165) is 36.4 Å². The van der Waals surface area contributed by atoms with Crippen molar-refractivity contribution in [3.8, 4) is 5.75 Å². The molecule has 1 aromatic rings. The number of fused-ring (bicyclic) bond motifs is 1. The lowest BCUT2D eigenvalue weighted by Gasteiger charge is -2.19. The Labute approximate surface area is 102 Å². The van der Waals surface area contributed by atoms with Crippen molar-refractivity contribution in [1.29, 1.82) is 0 Å². The van der Waals surface area contributed by atoms with Gasteiger partial charge in [0.25, 0.3) is 5.91 Å². The monoisotopic (exact) mass is 233 g/mol. The van der Waals surface area contributed by atoms with Gasteiger partial charge in [-0.15, -0.1) is 0 Å². The first kappa shape index (κ1) is 12.0. The first-order valence-electron chi connectivity index (χ1n) is 6.25. The zero-order valence-corrected chi connectivity index (χ0v) is 10.7. The molecule has 1 heterocycles. The molecule has 2 rings (SSSR count). The molecule has 3 nitrogen and oxygen atoms in total. The number of hydrogen-bond acceptors (Lipinski definition) is 2. The van der Waals surface area contributed by atoms with Crippen LogP contribution in [0.15, 0.2) is 18.2 Å². The van der Waals surface area contributed by atoms with E-state index in [1.54, 1.807) is 0 Å². The van der Waals surface area contributed by atoms with Crippen LogP contribution in [0.3, 0.4) is 0 Å². The third-order valence-corrected chi connectivity index (χ3v) is 3.23. The van der Waals surface area contributed by atoms with E-state index in [9.17, 15) is 4.79 Å². The molecule has 1 atom stereocenters. The highest BCUT2D eigenvalue weighted by Gasteiger charge is 2.25. The second-order valence-corrected chi connectivity index (χ2v) is 4.39. The summed E-state index contributed by atoms with van der Waals surface area (Å²) in [5.74, 6) is 0.986. The van der Waals surface area contributed by atoms with Crippen LogP contribution < -0.4 is 4.74 Å². The van der Waals surface area contributed by atoms with Crippen molar-refractivity contribution in [3.63, 3.8) is 0 Å². The number of nitrogens with zero attached hydrogens (tertiary/aromatic N) is 1. The molecule has 1 aliphatic rings. The van der Waals surface area contributed by atoms with Crippen molar-refractivity contribution in [2.45, 2.75) is 33.3 Å². The lowest BCUT2D eigenvalue weighted by atomic mass is 10.0. The van der Waals surface area contributed by atoms with Gasteiger partial charge in [0.2, 0.25) is 0 Å². The Bertz CT molecular complexity index is 424. The van der Waals surface area contributed by atoms with Crippen LogP contribution in [0.2, 0.25) is 0 Å².